The van der Waals surface area contributed by atoms with Gasteiger partial charge in [-0.2, -0.15) is 0 Å². The predicted octanol–water partition coefficient (Wildman–Crippen LogP) is 15.1. The maximum Gasteiger partial charge on any atom is 0.160 e. The van der Waals surface area contributed by atoms with Crippen molar-refractivity contribution in [3.05, 3.63) is 229 Å². The van der Waals surface area contributed by atoms with Crippen LogP contribution in [0.2, 0.25) is 0 Å². The number of ether oxygens (including phenoxy) is 1. The monoisotopic (exact) mass is 794 g/mol. The zero-order valence-electron chi connectivity index (χ0n) is 32.8. The van der Waals surface area contributed by atoms with Crippen LogP contribution in [-0.4, -0.2) is 9.97 Å². The molecule has 0 saturated heterocycles. The molecule has 2 aromatic heterocycles. The van der Waals surface area contributed by atoms with Crippen molar-refractivity contribution >= 4 is 42.4 Å². The van der Waals surface area contributed by atoms with E-state index in [0.717, 1.165) is 71.7 Å². The molecule has 1 spiro atoms. The molecule has 13 rings (SSSR count). The Morgan fingerprint density at radius 1 is 0.393 bits per heavy atom. The van der Waals surface area contributed by atoms with E-state index in [-0.39, 0.29) is 0 Å². The Morgan fingerprint density at radius 3 is 1.77 bits per heavy atom. The fraction of sp³-hybridized carbons (Fsp3) is 0.0175. The fourth-order valence-corrected chi connectivity index (χ4v) is 11.2. The number of hydrogen-bond donors (Lipinski definition) is 0. The summed E-state index contributed by atoms with van der Waals surface area (Å²) in [5, 5.41) is 3.60. The summed E-state index contributed by atoms with van der Waals surface area (Å²) in [6.45, 7) is 0. The van der Waals surface area contributed by atoms with Gasteiger partial charge in [0.2, 0.25) is 0 Å². The first-order valence-electron chi connectivity index (χ1n) is 20.7. The van der Waals surface area contributed by atoms with Gasteiger partial charge < -0.3 is 4.74 Å². The van der Waals surface area contributed by atoms with Crippen molar-refractivity contribution in [1.82, 2.24) is 9.97 Å². The third-order valence-electron chi connectivity index (χ3n) is 12.8. The van der Waals surface area contributed by atoms with Gasteiger partial charge in [0.05, 0.1) is 21.3 Å². The quantitative estimate of drug-likeness (QED) is 0.178. The van der Waals surface area contributed by atoms with Gasteiger partial charge in [0.1, 0.15) is 11.5 Å². The van der Waals surface area contributed by atoms with E-state index in [0.29, 0.717) is 5.82 Å². The highest BCUT2D eigenvalue weighted by atomic mass is 32.1. The lowest BCUT2D eigenvalue weighted by molar-refractivity contribution is 0.436. The molecule has 284 valence electrons. The summed E-state index contributed by atoms with van der Waals surface area (Å²) in [6.07, 6.45) is 0. The Kier molecular flexibility index (Phi) is 7.39. The number of nitrogens with zero attached hydrogens (tertiary/aromatic N) is 2. The van der Waals surface area contributed by atoms with Crippen molar-refractivity contribution in [2.75, 3.05) is 0 Å². The average molecular weight is 795 g/mol. The van der Waals surface area contributed by atoms with Crippen LogP contribution in [0.25, 0.3) is 87.1 Å². The molecule has 3 heterocycles. The molecule has 4 heteroatoms. The van der Waals surface area contributed by atoms with Gasteiger partial charge in [0.25, 0.3) is 0 Å². The zero-order chi connectivity index (χ0) is 40.1. The number of para-hydroxylation sites is 2. The molecular formula is C57H34N2OS. The third-order valence-corrected chi connectivity index (χ3v) is 13.9. The minimum absolute atomic E-state index is 0.599. The van der Waals surface area contributed by atoms with E-state index in [4.69, 9.17) is 14.7 Å². The highest BCUT2D eigenvalue weighted by Crippen LogP contribution is 2.63. The molecule has 2 aliphatic rings. The Balaban J connectivity index is 1.05. The first-order chi connectivity index (χ1) is 30.2. The largest absolute Gasteiger partial charge is 0.457 e. The normalized spacial score (nSPS) is 13.2. The van der Waals surface area contributed by atoms with Crippen LogP contribution in [0.5, 0.6) is 11.5 Å². The molecule has 0 bridgehead atoms. The number of rotatable bonds is 4. The van der Waals surface area contributed by atoms with Gasteiger partial charge in [-0.15, -0.1) is 11.3 Å². The van der Waals surface area contributed by atoms with Crippen LogP contribution in [-0.2, 0) is 5.41 Å². The van der Waals surface area contributed by atoms with Crippen molar-refractivity contribution < 1.29 is 4.74 Å². The van der Waals surface area contributed by atoms with Crippen LogP contribution in [0.3, 0.4) is 0 Å². The Labute approximate surface area is 356 Å². The highest BCUT2D eigenvalue weighted by Gasteiger charge is 2.51. The van der Waals surface area contributed by atoms with Gasteiger partial charge in [-0.1, -0.05) is 170 Å². The van der Waals surface area contributed by atoms with Gasteiger partial charge in [-0.05, 0) is 91.7 Å². The number of hydrogen-bond acceptors (Lipinski definition) is 4. The van der Waals surface area contributed by atoms with E-state index < -0.39 is 5.41 Å². The van der Waals surface area contributed by atoms with Crippen molar-refractivity contribution in [2.45, 2.75) is 5.41 Å². The molecule has 0 N–H and O–H groups in total. The van der Waals surface area contributed by atoms with Gasteiger partial charge >= 0.3 is 0 Å². The molecule has 61 heavy (non-hydrogen) atoms. The van der Waals surface area contributed by atoms with Crippen molar-refractivity contribution in [3.63, 3.8) is 0 Å². The van der Waals surface area contributed by atoms with Crippen LogP contribution in [0.15, 0.2) is 206 Å². The second-order valence-electron chi connectivity index (χ2n) is 16.0. The molecule has 1 aliphatic heterocycles. The van der Waals surface area contributed by atoms with E-state index in [9.17, 15) is 0 Å². The first-order valence-corrected chi connectivity index (χ1v) is 21.5. The Morgan fingerprint density at radius 2 is 0.984 bits per heavy atom. The molecule has 0 atom stereocenters. The molecule has 1 aliphatic carbocycles. The number of benzene rings is 9. The summed E-state index contributed by atoms with van der Waals surface area (Å²) in [5.41, 5.74) is 15.3. The van der Waals surface area contributed by atoms with E-state index in [1.807, 2.05) is 0 Å². The zero-order valence-corrected chi connectivity index (χ0v) is 33.7. The topological polar surface area (TPSA) is 35.0 Å². The predicted molar refractivity (Wildman–Crippen MR) is 252 cm³/mol. The molecule has 9 aromatic carbocycles. The van der Waals surface area contributed by atoms with Crippen LogP contribution >= 0.6 is 11.3 Å². The fourth-order valence-electron chi connectivity index (χ4n) is 10.0. The van der Waals surface area contributed by atoms with E-state index in [1.165, 1.54) is 43.3 Å². The highest BCUT2D eigenvalue weighted by molar-refractivity contribution is 7.26. The van der Waals surface area contributed by atoms with Crippen molar-refractivity contribution in [3.8, 4) is 67.5 Å². The van der Waals surface area contributed by atoms with Crippen LogP contribution < -0.4 is 4.74 Å². The van der Waals surface area contributed by atoms with E-state index in [1.54, 1.807) is 11.3 Å². The van der Waals surface area contributed by atoms with Gasteiger partial charge in [-0.25, -0.2) is 9.97 Å². The molecule has 0 amide bonds. The second-order valence-corrected chi connectivity index (χ2v) is 17.1. The molecule has 0 unspecified atom stereocenters. The molecule has 3 nitrogen and oxygen atoms in total. The average Bonchev–Trinajstić information content (AvgIpc) is 3.84. The number of thiophene rings is 1. The van der Waals surface area contributed by atoms with E-state index >= 15 is 0 Å². The van der Waals surface area contributed by atoms with Gasteiger partial charge in [0.15, 0.2) is 5.82 Å². The molecule has 0 radical (unpaired) electrons. The van der Waals surface area contributed by atoms with Gasteiger partial charge in [-0.3, -0.25) is 0 Å². The second kappa shape index (κ2) is 13.2. The smallest absolute Gasteiger partial charge is 0.160 e. The lowest BCUT2D eigenvalue weighted by Gasteiger charge is -2.39. The molecule has 0 fully saturated rings. The summed E-state index contributed by atoms with van der Waals surface area (Å²) in [6, 6.07) is 74.3. The molecular weight excluding hydrogens is 761 g/mol. The van der Waals surface area contributed by atoms with Crippen LogP contribution in [0, 0.1) is 0 Å². The summed E-state index contributed by atoms with van der Waals surface area (Å²) < 4.78 is 8.99. The lowest BCUT2D eigenvalue weighted by Crippen LogP contribution is -2.32. The minimum Gasteiger partial charge on any atom is -0.457 e. The molecule has 11 aromatic rings. The van der Waals surface area contributed by atoms with Gasteiger partial charge in [0, 0.05) is 32.3 Å². The van der Waals surface area contributed by atoms with Crippen molar-refractivity contribution in [1.29, 1.82) is 0 Å². The van der Waals surface area contributed by atoms with E-state index in [2.05, 4.69) is 206 Å². The van der Waals surface area contributed by atoms with Crippen LogP contribution in [0.4, 0.5) is 0 Å². The third kappa shape index (κ3) is 5.03. The maximum atomic E-state index is 6.70. The number of fused-ring (bicyclic) bond motifs is 13. The Hall–Kier alpha value is -7.66. The standard InChI is InChI=1S/C57H34N2OS/c1-2-14-35(15-3-1)36-26-28-37(29-27-36)56-58-53(55-54(59-56)44-20-8-13-25-52(44)61-55)43-19-7-6-18-41(43)40-30-31-42-45-32-38-16-4-5-17-39(38)33-49(45)57(48(42)34-40)46-21-9-11-23-50(46)60-51-24-12-10-22-47(51)57/h1-34H. The summed E-state index contributed by atoms with van der Waals surface area (Å²) in [4.78, 5) is 10.8. The minimum atomic E-state index is -0.599. The lowest BCUT2D eigenvalue weighted by atomic mass is 9.65. The first kappa shape index (κ1) is 34.2. The SMILES string of the molecule is c1ccc(-c2ccc(-c3nc(-c4ccccc4-c4ccc5c(c4)C4(c6ccccc6Oc6ccccc64)c4cc6ccccc6cc4-5)c4sc5ccccc5c4n3)cc2)cc1. The summed E-state index contributed by atoms with van der Waals surface area (Å²) in [5.74, 6) is 2.49. The maximum absolute atomic E-state index is 6.70. The number of aromatic nitrogens is 2. The van der Waals surface area contributed by atoms with Crippen molar-refractivity contribution in [2.24, 2.45) is 0 Å². The summed E-state index contributed by atoms with van der Waals surface area (Å²) >= 11 is 1.77. The molecule has 0 saturated carbocycles. The van der Waals surface area contributed by atoms with Crippen LogP contribution in [0.1, 0.15) is 22.3 Å². The summed E-state index contributed by atoms with van der Waals surface area (Å²) in [7, 11) is 0. The Bertz CT molecular complexity index is 3520.